The minimum Gasteiger partial charge on any atom is -0.469 e. The third kappa shape index (κ3) is 6.11. The summed E-state index contributed by atoms with van der Waals surface area (Å²) < 4.78 is 41.3. The summed E-state index contributed by atoms with van der Waals surface area (Å²) >= 11 is 0. The highest BCUT2D eigenvalue weighted by Crippen LogP contribution is 2.36. The molecule has 8 heteroatoms. The van der Waals surface area contributed by atoms with Crippen LogP contribution in [0.15, 0.2) is 0 Å². The van der Waals surface area contributed by atoms with Gasteiger partial charge in [0, 0.05) is 0 Å². The van der Waals surface area contributed by atoms with Crippen LogP contribution in [0.25, 0.3) is 0 Å². The van der Waals surface area contributed by atoms with Gasteiger partial charge < -0.3 is 14.2 Å². The number of halogens is 2. The molecule has 134 valence electrons. The molecule has 0 rings (SSSR count). The number of hydrogen-bond acceptors (Lipinski definition) is 6. The summed E-state index contributed by atoms with van der Waals surface area (Å²) in [4.78, 5) is 35.9. The number of carbonyl (C=O) groups is 3. The molecular formula is C15H24F2O6. The molecule has 0 spiro atoms. The molecule has 1 unspecified atom stereocenters. The fourth-order valence-electron chi connectivity index (χ4n) is 1.52. The van der Waals surface area contributed by atoms with E-state index in [1.807, 2.05) is 0 Å². The molecule has 0 saturated carbocycles. The van der Waals surface area contributed by atoms with E-state index in [9.17, 15) is 23.2 Å². The molecule has 0 aliphatic carbocycles. The van der Waals surface area contributed by atoms with E-state index in [1.165, 1.54) is 20.8 Å². The number of carbonyl (C=O) groups excluding carboxylic acids is 3. The maximum atomic E-state index is 13.6. The van der Waals surface area contributed by atoms with Crippen LogP contribution in [0.5, 0.6) is 0 Å². The summed E-state index contributed by atoms with van der Waals surface area (Å²) in [6.45, 7) is 7.60. The number of alkyl halides is 2. The first-order valence-electron chi connectivity index (χ1n) is 7.12. The lowest BCUT2D eigenvalue weighted by Crippen LogP contribution is -2.51. The van der Waals surface area contributed by atoms with Crippen LogP contribution in [0, 0.1) is 11.3 Å². The fourth-order valence-corrected chi connectivity index (χ4v) is 1.52. The molecule has 0 fully saturated rings. The standard InChI is InChI=1S/C15H24F2O6/c1-9(2)8-22-12(19)15(11(16)17,7-10(18)21-6)13(20)23-14(3,4)5/h9,11H,7-8H2,1-6H3. The average molecular weight is 338 g/mol. The second-order valence-corrected chi connectivity index (χ2v) is 6.52. The molecule has 0 heterocycles. The van der Waals surface area contributed by atoms with Crippen molar-refractivity contribution in [3.63, 3.8) is 0 Å². The second kappa shape index (κ2) is 8.21. The van der Waals surface area contributed by atoms with Gasteiger partial charge in [-0.2, -0.15) is 0 Å². The van der Waals surface area contributed by atoms with Gasteiger partial charge in [0.15, 0.2) is 0 Å². The first-order chi connectivity index (χ1) is 10.4. The maximum absolute atomic E-state index is 13.6. The smallest absolute Gasteiger partial charge is 0.330 e. The third-order valence-corrected chi connectivity index (χ3v) is 2.70. The van der Waals surface area contributed by atoms with E-state index in [0.29, 0.717) is 0 Å². The molecule has 0 saturated heterocycles. The topological polar surface area (TPSA) is 78.9 Å². The number of esters is 3. The van der Waals surface area contributed by atoms with E-state index < -0.39 is 41.8 Å². The number of rotatable bonds is 7. The first kappa shape index (κ1) is 21.3. The van der Waals surface area contributed by atoms with Gasteiger partial charge in [-0.25, -0.2) is 8.78 Å². The first-order valence-corrected chi connectivity index (χ1v) is 7.12. The zero-order valence-corrected chi connectivity index (χ0v) is 14.3. The Hall–Kier alpha value is -1.73. The van der Waals surface area contributed by atoms with Crippen molar-refractivity contribution in [1.82, 2.24) is 0 Å². The van der Waals surface area contributed by atoms with E-state index in [1.54, 1.807) is 13.8 Å². The van der Waals surface area contributed by atoms with Crippen molar-refractivity contribution in [2.75, 3.05) is 13.7 Å². The van der Waals surface area contributed by atoms with Crippen molar-refractivity contribution >= 4 is 17.9 Å². The van der Waals surface area contributed by atoms with Gasteiger partial charge in [-0.15, -0.1) is 0 Å². The van der Waals surface area contributed by atoms with Gasteiger partial charge >= 0.3 is 17.9 Å². The molecule has 0 aromatic heterocycles. The van der Waals surface area contributed by atoms with Crippen LogP contribution in [0.3, 0.4) is 0 Å². The Morgan fingerprint density at radius 3 is 1.91 bits per heavy atom. The van der Waals surface area contributed by atoms with Gasteiger partial charge in [0.2, 0.25) is 5.41 Å². The molecule has 23 heavy (non-hydrogen) atoms. The maximum Gasteiger partial charge on any atom is 0.330 e. The van der Waals surface area contributed by atoms with Crippen LogP contribution in [0.4, 0.5) is 8.78 Å². The SMILES string of the molecule is COC(=O)CC(C(=O)OCC(C)C)(C(=O)OC(C)(C)C)C(F)F. The molecule has 0 aliphatic rings. The monoisotopic (exact) mass is 338 g/mol. The Labute approximate surface area is 134 Å². The van der Waals surface area contributed by atoms with Crippen LogP contribution < -0.4 is 0 Å². The van der Waals surface area contributed by atoms with E-state index in [2.05, 4.69) is 4.74 Å². The molecule has 1 atom stereocenters. The molecule has 0 aromatic carbocycles. The molecule has 0 amide bonds. The van der Waals surface area contributed by atoms with Crippen molar-refractivity contribution in [2.24, 2.45) is 11.3 Å². The normalized spacial score (nSPS) is 14.3. The Balaban J connectivity index is 5.73. The van der Waals surface area contributed by atoms with Gasteiger partial charge in [-0.3, -0.25) is 14.4 Å². The summed E-state index contributed by atoms with van der Waals surface area (Å²) in [6, 6.07) is 0. The zero-order valence-electron chi connectivity index (χ0n) is 14.3. The van der Waals surface area contributed by atoms with Crippen LogP contribution in [0.2, 0.25) is 0 Å². The van der Waals surface area contributed by atoms with Crippen molar-refractivity contribution < 1.29 is 37.4 Å². The Morgan fingerprint density at radius 2 is 1.57 bits per heavy atom. The molecule has 0 N–H and O–H groups in total. The van der Waals surface area contributed by atoms with E-state index in [4.69, 9.17) is 9.47 Å². The van der Waals surface area contributed by atoms with Crippen molar-refractivity contribution in [3.8, 4) is 0 Å². The molecule has 6 nitrogen and oxygen atoms in total. The molecular weight excluding hydrogens is 314 g/mol. The Morgan fingerprint density at radius 1 is 1.04 bits per heavy atom. The highest BCUT2D eigenvalue weighted by Gasteiger charge is 2.59. The summed E-state index contributed by atoms with van der Waals surface area (Å²) in [5, 5.41) is 0. The van der Waals surface area contributed by atoms with Crippen LogP contribution >= 0.6 is 0 Å². The fraction of sp³-hybridized carbons (Fsp3) is 0.800. The quantitative estimate of drug-likeness (QED) is 0.403. The van der Waals surface area contributed by atoms with E-state index >= 15 is 0 Å². The Kier molecular flexibility index (Phi) is 7.60. The zero-order chi connectivity index (χ0) is 18.4. The van der Waals surface area contributed by atoms with Gasteiger partial charge in [0.1, 0.15) is 5.60 Å². The molecule has 0 radical (unpaired) electrons. The van der Waals surface area contributed by atoms with Gasteiger partial charge in [-0.1, -0.05) is 13.8 Å². The number of ether oxygens (including phenoxy) is 3. The van der Waals surface area contributed by atoms with Gasteiger partial charge in [0.25, 0.3) is 6.43 Å². The molecule has 0 bridgehead atoms. The van der Waals surface area contributed by atoms with Crippen LogP contribution in [-0.4, -0.2) is 43.7 Å². The van der Waals surface area contributed by atoms with Crippen molar-refractivity contribution in [2.45, 2.75) is 53.1 Å². The summed E-state index contributed by atoms with van der Waals surface area (Å²) in [6.07, 6.45) is -4.65. The molecule has 0 aliphatic heterocycles. The highest BCUT2D eigenvalue weighted by atomic mass is 19.3. The number of hydrogen-bond donors (Lipinski definition) is 0. The third-order valence-electron chi connectivity index (χ3n) is 2.70. The number of methoxy groups -OCH3 is 1. The molecule has 0 aromatic rings. The highest BCUT2D eigenvalue weighted by molar-refractivity contribution is 6.03. The van der Waals surface area contributed by atoms with Crippen LogP contribution in [-0.2, 0) is 28.6 Å². The average Bonchev–Trinajstić information content (AvgIpc) is 2.39. The Bertz CT molecular complexity index is 442. The van der Waals surface area contributed by atoms with Crippen molar-refractivity contribution in [3.05, 3.63) is 0 Å². The largest absolute Gasteiger partial charge is 0.469 e. The van der Waals surface area contributed by atoms with Gasteiger partial charge in [0.05, 0.1) is 20.1 Å². The minimum absolute atomic E-state index is 0.133. The predicted octanol–water partition coefficient (Wildman–Crippen LogP) is 2.34. The lowest BCUT2D eigenvalue weighted by molar-refractivity contribution is -0.196. The summed E-state index contributed by atoms with van der Waals surface area (Å²) in [7, 11) is 0.965. The lowest BCUT2D eigenvalue weighted by atomic mass is 9.84. The van der Waals surface area contributed by atoms with Gasteiger partial charge in [-0.05, 0) is 26.7 Å². The summed E-state index contributed by atoms with van der Waals surface area (Å²) in [5.74, 6) is -4.29. The minimum atomic E-state index is -3.49. The second-order valence-electron chi connectivity index (χ2n) is 6.52. The van der Waals surface area contributed by atoms with Crippen molar-refractivity contribution in [1.29, 1.82) is 0 Å². The van der Waals surface area contributed by atoms with E-state index in [-0.39, 0.29) is 12.5 Å². The summed E-state index contributed by atoms with van der Waals surface area (Å²) in [5.41, 5.74) is -4.17. The van der Waals surface area contributed by atoms with Crippen LogP contribution in [0.1, 0.15) is 41.0 Å². The van der Waals surface area contributed by atoms with E-state index in [0.717, 1.165) is 7.11 Å². The lowest BCUT2D eigenvalue weighted by Gasteiger charge is -2.31. The predicted molar refractivity (Wildman–Crippen MR) is 76.7 cm³/mol.